The van der Waals surface area contributed by atoms with Gasteiger partial charge in [0.15, 0.2) is 0 Å². The Kier molecular flexibility index (Phi) is 1.66. The first-order chi connectivity index (χ1) is 7.74. The van der Waals surface area contributed by atoms with Gasteiger partial charge in [-0.1, -0.05) is 18.2 Å². The van der Waals surface area contributed by atoms with Gasteiger partial charge < -0.3 is 4.74 Å². The predicted octanol–water partition coefficient (Wildman–Crippen LogP) is 2.23. The van der Waals surface area contributed by atoms with Crippen molar-refractivity contribution in [2.75, 3.05) is 7.11 Å². The van der Waals surface area contributed by atoms with Crippen molar-refractivity contribution in [3.05, 3.63) is 41.5 Å². The first kappa shape index (κ1) is 9.09. The third-order valence-electron chi connectivity index (χ3n) is 2.92. The Labute approximate surface area is 91.6 Å². The molecular formula is C13H8O3. The fourth-order valence-electron chi connectivity index (χ4n) is 2.18. The van der Waals surface area contributed by atoms with Crippen molar-refractivity contribution >= 4 is 22.3 Å². The van der Waals surface area contributed by atoms with Crippen LogP contribution in [0.3, 0.4) is 0 Å². The van der Waals surface area contributed by atoms with Gasteiger partial charge in [0.25, 0.3) is 0 Å². The van der Waals surface area contributed by atoms with E-state index < -0.39 is 11.6 Å². The van der Waals surface area contributed by atoms with E-state index in [1.165, 1.54) is 0 Å². The number of Topliss-reactive ketones (excluding diaryl/α,β-unsaturated/α-hetero) is 2. The van der Waals surface area contributed by atoms with E-state index >= 15 is 0 Å². The zero-order valence-corrected chi connectivity index (χ0v) is 8.61. The molecule has 0 bridgehead atoms. The third-order valence-corrected chi connectivity index (χ3v) is 2.92. The van der Waals surface area contributed by atoms with E-state index in [1.54, 1.807) is 31.4 Å². The first-order valence-corrected chi connectivity index (χ1v) is 4.93. The van der Waals surface area contributed by atoms with Crippen molar-refractivity contribution < 1.29 is 14.3 Å². The Morgan fingerprint density at radius 1 is 0.938 bits per heavy atom. The summed E-state index contributed by atoms with van der Waals surface area (Å²) in [5, 5.41) is 1.54. The topological polar surface area (TPSA) is 43.4 Å². The lowest BCUT2D eigenvalue weighted by atomic mass is 10.0. The van der Waals surface area contributed by atoms with Crippen molar-refractivity contribution in [1.82, 2.24) is 0 Å². The summed E-state index contributed by atoms with van der Waals surface area (Å²) in [4.78, 5) is 23.4. The number of benzene rings is 2. The van der Waals surface area contributed by atoms with Gasteiger partial charge in [-0.05, 0) is 12.1 Å². The Morgan fingerprint density at radius 3 is 2.31 bits per heavy atom. The molecular weight excluding hydrogens is 204 g/mol. The van der Waals surface area contributed by atoms with Gasteiger partial charge in [-0.3, -0.25) is 9.59 Å². The van der Waals surface area contributed by atoms with E-state index in [1.807, 2.05) is 6.07 Å². The van der Waals surface area contributed by atoms with Crippen molar-refractivity contribution in [3.63, 3.8) is 0 Å². The molecule has 16 heavy (non-hydrogen) atoms. The minimum atomic E-state index is -0.422. The van der Waals surface area contributed by atoms with Crippen LogP contribution in [0, 0.1) is 0 Å². The maximum Gasteiger partial charge on any atom is 0.234 e. The Hall–Kier alpha value is -2.16. The van der Waals surface area contributed by atoms with Gasteiger partial charge in [-0.15, -0.1) is 0 Å². The van der Waals surface area contributed by atoms with E-state index in [0.717, 1.165) is 10.8 Å². The summed E-state index contributed by atoms with van der Waals surface area (Å²) >= 11 is 0. The number of hydrogen-bond acceptors (Lipinski definition) is 3. The van der Waals surface area contributed by atoms with Crippen LogP contribution < -0.4 is 4.74 Å². The summed E-state index contributed by atoms with van der Waals surface area (Å²) in [6, 6.07) is 8.67. The van der Waals surface area contributed by atoms with Crippen LogP contribution in [-0.2, 0) is 0 Å². The van der Waals surface area contributed by atoms with Crippen LogP contribution in [0.15, 0.2) is 30.3 Å². The van der Waals surface area contributed by atoms with Crippen LogP contribution in [-0.4, -0.2) is 18.7 Å². The van der Waals surface area contributed by atoms with Gasteiger partial charge in [0.2, 0.25) is 11.6 Å². The van der Waals surface area contributed by atoms with Gasteiger partial charge in [-0.2, -0.15) is 0 Å². The van der Waals surface area contributed by atoms with Crippen LogP contribution in [0.25, 0.3) is 10.8 Å². The van der Waals surface area contributed by atoms with Gasteiger partial charge >= 0.3 is 0 Å². The highest BCUT2D eigenvalue weighted by molar-refractivity contribution is 6.57. The standard InChI is InChI=1S/C13H8O3/c1-16-10-6-5-9-11-7(10)3-2-4-8(11)12(14)13(9)15/h2-6H,1H3. The van der Waals surface area contributed by atoms with Gasteiger partial charge in [0.1, 0.15) is 5.75 Å². The van der Waals surface area contributed by atoms with Crippen molar-refractivity contribution in [1.29, 1.82) is 0 Å². The number of ether oxygens (including phenoxy) is 1. The monoisotopic (exact) mass is 212 g/mol. The van der Waals surface area contributed by atoms with Crippen molar-refractivity contribution in [2.24, 2.45) is 0 Å². The fourth-order valence-corrected chi connectivity index (χ4v) is 2.18. The van der Waals surface area contributed by atoms with Crippen LogP contribution in [0.2, 0.25) is 0 Å². The Morgan fingerprint density at radius 2 is 1.62 bits per heavy atom. The zero-order valence-electron chi connectivity index (χ0n) is 8.61. The van der Waals surface area contributed by atoms with Gasteiger partial charge in [0, 0.05) is 21.9 Å². The molecule has 0 atom stereocenters. The highest BCUT2D eigenvalue weighted by atomic mass is 16.5. The molecule has 0 N–H and O–H groups in total. The largest absolute Gasteiger partial charge is 0.496 e. The molecule has 3 heteroatoms. The zero-order chi connectivity index (χ0) is 11.3. The molecule has 0 saturated carbocycles. The highest BCUT2D eigenvalue weighted by Gasteiger charge is 2.31. The summed E-state index contributed by atoms with van der Waals surface area (Å²) in [6.45, 7) is 0. The summed E-state index contributed by atoms with van der Waals surface area (Å²) in [6.07, 6.45) is 0. The molecule has 3 nitrogen and oxygen atoms in total. The van der Waals surface area contributed by atoms with Crippen LogP contribution in [0.1, 0.15) is 20.7 Å². The molecule has 2 aromatic carbocycles. The number of carbonyl (C=O) groups excluding carboxylic acids is 2. The second-order valence-corrected chi connectivity index (χ2v) is 3.70. The molecule has 0 heterocycles. The second-order valence-electron chi connectivity index (χ2n) is 3.70. The molecule has 1 aliphatic rings. The molecule has 3 rings (SSSR count). The van der Waals surface area contributed by atoms with Crippen LogP contribution >= 0.6 is 0 Å². The molecule has 0 amide bonds. The molecule has 0 unspecified atom stereocenters. The maximum absolute atomic E-state index is 11.7. The molecule has 0 saturated heterocycles. The van der Waals surface area contributed by atoms with Crippen LogP contribution in [0.5, 0.6) is 5.75 Å². The normalized spacial score (nSPS) is 13.6. The summed E-state index contributed by atoms with van der Waals surface area (Å²) in [5.41, 5.74) is 0.966. The lowest BCUT2D eigenvalue weighted by Crippen LogP contribution is -2.05. The minimum Gasteiger partial charge on any atom is -0.496 e. The lowest BCUT2D eigenvalue weighted by Gasteiger charge is -2.05. The Bertz CT molecular complexity index is 621. The minimum absolute atomic E-state index is 0.422. The average Bonchev–Trinajstić information content (AvgIpc) is 2.57. The molecule has 0 spiro atoms. The van der Waals surface area contributed by atoms with Gasteiger partial charge in [-0.25, -0.2) is 0 Å². The second kappa shape index (κ2) is 2.92. The molecule has 1 aliphatic carbocycles. The van der Waals surface area contributed by atoms with E-state index in [0.29, 0.717) is 16.9 Å². The smallest absolute Gasteiger partial charge is 0.234 e. The third kappa shape index (κ3) is 0.922. The summed E-state index contributed by atoms with van der Waals surface area (Å²) in [5.74, 6) is -0.161. The van der Waals surface area contributed by atoms with E-state index in [9.17, 15) is 9.59 Å². The number of ketones is 2. The highest BCUT2D eigenvalue weighted by Crippen LogP contribution is 2.35. The molecule has 0 aromatic heterocycles. The van der Waals surface area contributed by atoms with E-state index in [-0.39, 0.29) is 0 Å². The van der Waals surface area contributed by atoms with Crippen LogP contribution in [0.4, 0.5) is 0 Å². The molecule has 0 aliphatic heterocycles. The molecule has 78 valence electrons. The quantitative estimate of drug-likeness (QED) is 0.681. The predicted molar refractivity (Wildman–Crippen MR) is 59.2 cm³/mol. The lowest BCUT2D eigenvalue weighted by molar-refractivity contribution is 0.0825. The Balaban J connectivity index is 2.54. The molecule has 0 fully saturated rings. The summed E-state index contributed by atoms with van der Waals surface area (Å²) in [7, 11) is 1.57. The number of hydrogen-bond donors (Lipinski definition) is 0. The maximum atomic E-state index is 11.7. The van der Waals surface area contributed by atoms with E-state index in [2.05, 4.69) is 0 Å². The SMILES string of the molecule is COc1ccc2c3c(cccc13)C(=O)C2=O. The number of methoxy groups -OCH3 is 1. The first-order valence-electron chi connectivity index (χ1n) is 4.93. The fraction of sp³-hybridized carbons (Fsp3) is 0.0769. The van der Waals surface area contributed by atoms with Gasteiger partial charge in [0.05, 0.1) is 7.11 Å². The van der Waals surface area contributed by atoms with Crippen molar-refractivity contribution in [2.45, 2.75) is 0 Å². The molecule has 0 radical (unpaired) electrons. The van der Waals surface area contributed by atoms with E-state index in [4.69, 9.17) is 4.74 Å². The number of carbonyl (C=O) groups is 2. The van der Waals surface area contributed by atoms with Crippen molar-refractivity contribution in [3.8, 4) is 5.75 Å². The summed E-state index contributed by atoms with van der Waals surface area (Å²) < 4.78 is 5.21. The number of rotatable bonds is 1. The molecule has 2 aromatic rings. The average molecular weight is 212 g/mol.